The van der Waals surface area contributed by atoms with Crippen LogP contribution in [0.3, 0.4) is 0 Å². The summed E-state index contributed by atoms with van der Waals surface area (Å²) in [6.45, 7) is 4.57. The minimum absolute atomic E-state index is 0.274. The molecule has 2 aromatic rings. The lowest BCUT2D eigenvalue weighted by Gasteiger charge is -2.08. The predicted molar refractivity (Wildman–Crippen MR) is 204 cm³/mol. The van der Waals surface area contributed by atoms with Gasteiger partial charge in [0.1, 0.15) is 0 Å². The fraction of sp³-hybridized carbons (Fsp3) is 0.762. The maximum Gasteiger partial charge on any atom is 0.244 e. The molecule has 4 heteroatoms. The zero-order valence-corrected chi connectivity index (χ0v) is 31.6. The predicted octanol–water partition coefficient (Wildman–Crippen LogP) is 14.9. The highest BCUT2D eigenvalue weighted by molar-refractivity contribution is 7.19. The van der Waals surface area contributed by atoms with E-state index in [1.807, 2.05) is 0 Å². The monoisotopic (exact) mass is 668 g/mol. The zero-order valence-electron chi connectivity index (χ0n) is 30.0. The number of carbonyl (C=O) groups is 2. The summed E-state index contributed by atoms with van der Waals surface area (Å²) in [5.41, 5.74) is 2.07. The molecule has 1 aliphatic rings. The van der Waals surface area contributed by atoms with Gasteiger partial charge in [0.05, 0.1) is 9.75 Å². The first-order valence-electron chi connectivity index (χ1n) is 20.0. The van der Waals surface area contributed by atoms with Crippen LogP contribution in [0.4, 0.5) is 0 Å². The third kappa shape index (κ3) is 14.9. The standard InChI is InChI=1S/C42H68O2S2/c1-3-5-7-9-11-13-15-17-19-21-23-25-27-29-31-35-33-37-38-34-36(46-42(38)40(44)39(43)41(37)45-35)32-30-28-26-24-22-20-18-16-14-12-10-8-6-4-2/h33-34H,3-32H2,1-2H3. The average molecular weight is 669 g/mol. The number of hydrogen-bond donors (Lipinski definition) is 0. The quantitative estimate of drug-likeness (QED) is 0.0613. The molecule has 3 rings (SSSR count). The van der Waals surface area contributed by atoms with Crippen LogP contribution in [0.1, 0.15) is 223 Å². The Balaban J connectivity index is 1.26. The van der Waals surface area contributed by atoms with Crippen molar-refractivity contribution >= 4 is 34.2 Å². The van der Waals surface area contributed by atoms with Crippen LogP contribution in [0, 0.1) is 0 Å². The van der Waals surface area contributed by atoms with Crippen LogP contribution in [0.25, 0.3) is 11.1 Å². The molecule has 0 radical (unpaired) electrons. The van der Waals surface area contributed by atoms with Gasteiger partial charge in [0.2, 0.25) is 11.6 Å². The summed E-state index contributed by atoms with van der Waals surface area (Å²) >= 11 is 3.16. The Morgan fingerprint density at radius 2 is 0.609 bits per heavy atom. The molecule has 46 heavy (non-hydrogen) atoms. The average Bonchev–Trinajstić information content (AvgIpc) is 3.69. The number of rotatable bonds is 30. The first kappa shape index (κ1) is 39.2. The molecular formula is C42H68O2S2. The first-order chi connectivity index (χ1) is 22.7. The van der Waals surface area contributed by atoms with Crippen LogP contribution >= 0.6 is 22.7 Å². The fourth-order valence-electron chi connectivity index (χ4n) is 7.06. The van der Waals surface area contributed by atoms with E-state index in [0.29, 0.717) is 9.75 Å². The minimum Gasteiger partial charge on any atom is -0.284 e. The SMILES string of the molecule is CCCCCCCCCCCCCCCCc1cc2c(s1)C(=O)C(=O)c1sc(CCCCCCCCCCCCCCCC)cc1-2. The smallest absolute Gasteiger partial charge is 0.244 e. The highest BCUT2D eigenvalue weighted by Gasteiger charge is 2.34. The summed E-state index contributed by atoms with van der Waals surface area (Å²) in [5, 5.41) is 0. The lowest BCUT2D eigenvalue weighted by Crippen LogP contribution is -2.17. The van der Waals surface area contributed by atoms with Crippen molar-refractivity contribution in [3.63, 3.8) is 0 Å². The van der Waals surface area contributed by atoms with Gasteiger partial charge in [0.15, 0.2) is 0 Å². The van der Waals surface area contributed by atoms with Gasteiger partial charge in [-0.3, -0.25) is 9.59 Å². The summed E-state index contributed by atoms with van der Waals surface area (Å²) in [6, 6.07) is 4.46. The van der Waals surface area contributed by atoms with Gasteiger partial charge in [-0.2, -0.15) is 0 Å². The molecule has 0 fully saturated rings. The van der Waals surface area contributed by atoms with Crippen LogP contribution < -0.4 is 0 Å². The summed E-state index contributed by atoms with van der Waals surface area (Å²) < 4.78 is 0. The molecule has 0 aromatic carbocycles. The van der Waals surface area contributed by atoms with Crippen molar-refractivity contribution in [3.05, 3.63) is 31.6 Å². The highest BCUT2D eigenvalue weighted by atomic mass is 32.1. The van der Waals surface area contributed by atoms with Crippen molar-refractivity contribution in [3.8, 4) is 11.1 Å². The molecule has 0 unspecified atom stereocenters. The highest BCUT2D eigenvalue weighted by Crippen LogP contribution is 2.43. The normalized spacial score (nSPS) is 12.7. The molecule has 0 N–H and O–H groups in total. The van der Waals surface area contributed by atoms with Crippen molar-refractivity contribution in [1.82, 2.24) is 0 Å². The Bertz CT molecular complexity index is 1010. The summed E-state index contributed by atoms with van der Waals surface area (Å²) in [5.74, 6) is -0.547. The molecule has 0 atom stereocenters. The van der Waals surface area contributed by atoms with E-state index >= 15 is 0 Å². The van der Waals surface area contributed by atoms with E-state index < -0.39 is 0 Å². The van der Waals surface area contributed by atoms with Gasteiger partial charge in [0, 0.05) is 20.9 Å². The molecule has 2 heterocycles. The van der Waals surface area contributed by atoms with Gasteiger partial charge < -0.3 is 0 Å². The van der Waals surface area contributed by atoms with E-state index in [-0.39, 0.29) is 11.6 Å². The number of aryl methyl sites for hydroxylation is 2. The molecule has 260 valence electrons. The molecule has 0 bridgehead atoms. The molecule has 2 nitrogen and oxygen atoms in total. The molecule has 2 aromatic heterocycles. The second kappa shape index (κ2) is 24.8. The Kier molecular flexibility index (Phi) is 21.1. The van der Waals surface area contributed by atoms with Crippen molar-refractivity contribution in [1.29, 1.82) is 0 Å². The lowest BCUT2D eigenvalue weighted by molar-refractivity contribution is 0.0820. The van der Waals surface area contributed by atoms with Gasteiger partial charge >= 0.3 is 0 Å². The van der Waals surface area contributed by atoms with Crippen molar-refractivity contribution in [2.75, 3.05) is 0 Å². The van der Waals surface area contributed by atoms with Crippen LogP contribution in [0.15, 0.2) is 12.1 Å². The fourth-order valence-corrected chi connectivity index (χ4v) is 9.36. The lowest BCUT2D eigenvalue weighted by atomic mass is 9.94. The summed E-state index contributed by atoms with van der Waals surface area (Å²) in [7, 11) is 0. The van der Waals surface area contributed by atoms with Gasteiger partial charge in [-0.05, 0) is 37.8 Å². The van der Waals surface area contributed by atoms with E-state index in [0.717, 1.165) is 24.0 Å². The largest absolute Gasteiger partial charge is 0.284 e. The van der Waals surface area contributed by atoms with Crippen LogP contribution in [-0.4, -0.2) is 11.6 Å². The van der Waals surface area contributed by atoms with E-state index in [1.54, 1.807) is 22.7 Å². The number of Topliss-reactive ketones (excluding diaryl/α,β-unsaturated/α-hetero) is 2. The topological polar surface area (TPSA) is 34.1 Å². The van der Waals surface area contributed by atoms with Crippen LogP contribution in [0.2, 0.25) is 0 Å². The van der Waals surface area contributed by atoms with E-state index in [2.05, 4.69) is 26.0 Å². The Morgan fingerprint density at radius 3 is 0.870 bits per heavy atom. The van der Waals surface area contributed by atoms with Crippen LogP contribution in [0.5, 0.6) is 0 Å². The molecule has 0 amide bonds. The van der Waals surface area contributed by atoms with E-state index in [9.17, 15) is 9.59 Å². The maximum absolute atomic E-state index is 13.0. The van der Waals surface area contributed by atoms with Gasteiger partial charge in [-0.25, -0.2) is 0 Å². The third-order valence-electron chi connectivity index (χ3n) is 10.0. The number of ketones is 2. The second-order valence-electron chi connectivity index (χ2n) is 14.3. The number of thiophene rings is 2. The summed E-state index contributed by atoms with van der Waals surface area (Å²) in [6.07, 6.45) is 40.4. The van der Waals surface area contributed by atoms with E-state index in [1.165, 1.54) is 190 Å². The minimum atomic E-state index is -0.274. The third-order valence-corrected chi connectivity index (χ3v) is 12.4. The Labute approximate surface area is 291 Å². The molecule has 0 aliphatic heterocycles. The van der Waals surface area contributed by atoms with Gasteiger partial charge in [-0.15, -0.1) is 22.7 Å². The summed E-state index contributed by atoms with van der Waals surface area (Å²) in [4.78, 5) is 29.9. The Morgan fingerprint density at radius 1 is 0.370 bits per heavy atom. The maximum atomic E-state index is 13.0. The Hall–Kier alpha value is -1.26. The van der Waals surface area contributed by atoms with Gasteiger partial charge in [0.25, 0.3) is 0 Å². The molecule has 1 aliphatic carbocycles. The number of carbonyl (C=O) groups excluding carboxylic acids is 2. The molecule has 0 saturated carbocycles. The molecule has 0 saturated heterocycles. The van der Waals surface area contributed by atoms with Crippen molar-refractivity contribution in [2.45, 2.75) is 206 Å². The van der Waals surface area contributed by atoms with Gasteiger partial charge in [-0.1, -0.05) is 181 Å². The van der Waals surface area contributed by atoms with E-state index in [4.69, 9.17) is 0 Å². The zero-order chi connectivity index (χ0) is 32.7. The first-order valence-corrected chi connectivity index (χ1v) is 21.6. The molecule has 0 spiro atoms. The molecular weight excluding hydrogens is 601 g/mol. The number of fused-ring (bicyclic) bond motifs is 3. The number of hydrogen-bond acceptors (Lipinski definition) is 4. The number of unbranched alkanes of at least 4 members (excludes halogenated alkanes) is 26. The second-order valence-corrected chi connectivity index (χ2v) is 16.5. The van der Waals surface area contributed by atoms with Crippen LogP contribution in [-0.2, 0) is 12.8 Å². The van der Waals surface area contributed by atoms with Crippen molar-refractivity contribution < 1.29 is 9.59 Å². The van der Waals surface area contributed by atoms with Crippen molar-refractivity contribution in [2.24, 2.45) is 0 Å².